The SMILES string of the molecule is CCC(N)(C#N)CCCN1[C@H](C)CCC[C@@H]1C. The molecule has 3 nitrogen and oxygen atoms in total. The van der Waals surface area contributed by atoms with Gasteiger partial charge in [0.05, 0.1) is 6.07 Å². The zero-order valence-electron chi connectivity index (χ0n) is 11.6. The van der Waals surface area contributed by atoms with E-state index >= 15 is 0 Å². The summed E-state index contributed by atoms with van der Waals surface area (Å²) in [6.45, 7) is 7.71. The number of hydrogen-bond acceptors (Lipinski definition) is 3. The van der Waals surface area contributed by atoms with E-state index in [2.05, 4.69) is 24.8 Å². The van der Waals surface area contributed by atoms with Gasteiger partial charge in [-0.25, -0.2) is 0 Å². The molecular weight excluding hydrogens is 210 g/mol. The third kappa shape index (κ3) is 3.97. The minimum atomic E-state index is -0.609. The Hall–Kier alpha value is -0.590. The van der Waals surface area contributed by atoms with Gasteiger partial charge in [0.15, 0.2) is 0 Å². The van der Waals surface area contributed by atoms with Crippen molar-refractivity contribution in [3.63, 3.8) is 0 Å². The molecule has 1 saturated heterocycles. The molecule has 1 fully saturated rings. The summed E-state index contributed by atoms with van der Waals surface area (Å²) in [6, 6.07) is 3.63. The molecule has 0 amide bonds. The topological polar surface area (TPSA) is 53.1 Å². The fraction of sp³-hybridized carbons (Fsp3) is 0.929. The van der Waals surface area contributed by atoms with Crippen molar-refractivity contribution in [2.75, 3.05) is 6.54 Å². The van der Waals surface area contributed by atoms with Gasteiger partial charge in [-0.3, -0.25) is 4.90 Å². The summed E-state index contributed by atoms with van der Waals surface area (Å²) in [5.41, 5.74) is 5.39. The quantitative estimate of drug-likeness (QED) is 0.799. The van der Waals surface area contributed by atoms with Crippen molar-refractivity contribution in [2.24, 2.45) is 5.73 Å². The number of nitriles is 1. The molecule has 1 aliphatic rings. The Morgan fingerprint density at radius 3 is 2.41 bits per heavy atom. The average Bonchev–Trinajstić information content (AvgIpc) is 2.32. The van der Waals surface area contributed by atoms with E-state index in [0.29, 0.717) is 12.1 Å². The van der Waals surface area contributed by atoms with Crippen LogP contribution < -0.4 is 5.73 Å². The van der Waals surface area contributed by atoms with E-state index in [-0.39, 0.29) is 0 Å². The predicted octanol–water partition coefficient (Wildman–Crippen LogP) is 2.66. The first-order valence-electron chi connectivity index (χ1n) is 6.98. The lowest BCUT2D eigenvalue weighted by atomic mass is 9.92. The second-order valence-corrected chi connectivity index (χ2v) is 5.59. The lowest BCUT2D eigenvalue weighted by Gasteiger charge is -2.39. The molecule has 1 heterocycles. The Balaban J connectivity index is 2.37. The second kappa shape index (κ2) is 6.37. The maximum atomic E-state index is 9.04. The zero-order chi connectivity index (χ0) is 12.9. The molecule has 17 heavy (non-hydrogen) atoms. The predicted molar refractivity (Wildman–Crippen MR) is 71.5 cm³/mol. The van der Waals surface area contributed by atoms with Crippen LogP contribution in [0.2, 0.25) is 0 Å². The summed E-state index contributed by atoms with van der Waals surface area (Å²) >= 11 is 0. The molecule has 3 heteroatoms. The van der Waals surface area contributed by atoms with Crippen molar-refractivity contribution < 1.29 is 0 Å². The molecule has 1 aliphatic heterocycles. The van der Waals surface area contributed by atoms with Gasteiger partial charge in [0.1, 0.15) is 5.54 Å². The van der Waals surface area contributed by atoms with Gasteiger partial charge in [-0.2, -0.15) is 5.26 Å². The first-order valence-corrected chi connectivity index (χ1v) is 6.98. The van der Waals surface area contributed by atoms with E-state index in [9.17, 15) is 0 Å². The van der Waals surface area contributed by atoms with Gasteiger partial charge in [-0.15, -0.1) is 0 Å². The van der Waals surface area contributed by atoms with Crippen molar-refractivity contribution in [1.82, 2.24) is 4.90 Å². The summed E-state index contributed by atoms with van der Waals surface area (Å²) in [4.78, 5) is 2.58. The van der Waals surface area contributed by atoms with Crippen molar-refractivity contribution in [2.45, 2.75) is 76.9 Å². The van der Waals surface area contributed by atoms with Gasteiger partial charge in [-0.05, 0) is 52.5 Å². The molecule has 1 rings (SSSR count). The molecule has 0 aromatic carbocycles. The Bertz CT molecular complexity index is 261. The number of rotatable bonds is 5. The maximum absolute atomic E-state index is 9.04. The summed E-state index contributed by atoms with van der Waals surface area (Å²) < 4.78 is 0. The zero-order valence-corrected chi connectivity index (χ0v) is 11.6. The van der Waals surface area contributed by atoms with E-state index in [1.807, 2.05) is 6.92 Å². The molecular formula is C14H27N3. The van der Waals surface area contributed by atoms with Crippen LogP contribution in [0.4, 0.5) is 0 Å². The molecule has 2 N–H and O–H groups in total. The highest BCUT2D eigenvalue weighted by Gasteiger charge is 2.26. The molecule has 98 valence electrons. The summed E-state index contributed by atoms with van der Waals surface area (Å²) in [5.74, 6) is 0. The Labute approximate surface area is 106 Å². The molecule has 0 radical (unpaired) electrons. The van der Waals surface area contributed by atoms with Gasteiger partial charge in [0.25, 0.3) is 0 Å². The molecule has 0 saturated carbocycles. The molecule has 1 unspecified atom stereocenters. The van der Waals surface area contributed by atoms with E-state index < -0.39 is 5.54 Å². The molecule has 0 aromatic heterocycles. The van der Waals surface area contributed by atoms with Crippen molar-refractivity contribution >= 4 is 0 Å². The molecule has 0 aliphatic carbocycles. The normalized spacial score (nSPS) is 29.6. The number of hydrogen-bond donors (Lipinski definition) is 1. The smallest absolute Gasteiger partial charge is 0.104 e. The van der Waals surface area contributed by atoms with E-state index in [1.54, 1.807) is 0 Å². The first-order chi connectivity index (χ1) is 8.02. The fourth-order valence-corrected chi connectivity index (χ4v) is 2.80. The highest BCUT2D eigenvalue weighted by atomic mass is 15.2. The van der Waals surface area contributed by atoms with E-state index in [0.717, 1.165) is 25.8 Å². The van der Waals surface area contributed by atoms with Crippen LogP contribution >= 0.6 is 0 Å². The summed E-state index contributed by atoms with van der Waals surface area (Å²) in [6.07, 6.45) is 6.57. The highest BCUT2D eigenvalue weighted by Crippen LogP contribution is 2.23. The minimum absolute atomic E-state index is 0.609. The number of nitrogens with two attached hydrogens (primary N) is 1. The third-order valence-electron chi connectivity index (χ3n) is 4.27. The van der Waals surface area contributed by atoms with Crippen LogP contribution in [0.3, 0.4) is 0 Å². The highest BCUT2D eigenvalue weighted by molar-refractivity contribution is 5.03. The lowest BCUT2D eigenvalue weighted by Crippen LogP contribution is -2.45. The number of likely N-dealkylation sites (tertiary alicyclic amines) is 1. The second-order valence-electron chi connectivity index (χ2n) is 5.59. The van der Waals surface area contributed by atoms with Crippen molar-refractivity contribution in [3.05, 3.63) is 0 Å². The number of piperidine rings is 1. The Kier molecular flexibility index (Phi) is 5.42. The summed E-state index contributed by atoms with van der Waals surface area (Å²) in [7, 11) is 0. The van der Waals surface area contributed by atoms with Crippen LogP contribution in [-0.4, -0.2) is 29.1 Å². The molecule has 0 aromatic rings. The Morgan fingerprint density at radius 2 is 1.94 bits per heavy atom. The number of nitrogens with zero attached hydrogens (tertiary/aromatic N) is 2. The van der Waals surface area contributed by atoms with E-state index in [4.69, 9.17) is 11.0 Å². The van der Waals surface area contributed by atoms with Crippen LogP contribution in [0.5, 0.6) is 0 Å². The van der Waals surface area contributed by atoms with Crippen LogP contribution in [-0.2, 0) is 0 Å². The van der Waals surface area contributed by atoms with Crippen LogP contribution in [0.15, 0.2) is 0 Å². The third-order valence-corrected chi connectivity index (χ3v) is 4.27. The average molecular weight is 237 g/mol. The van der Waals surface area contributed by atoms with Gasteiger partial charge in [0.2, 0.25) is 0 Å². The lowest BCUT2D eigenvalue weighted by molar-refractivity contribution is 0.0997. The monoisotopic (exact) mass is 237 g/mol. The van der Waals surface area contributed by atoms with Gasteiger partial charge in [-0.1, -0.05) is 13.3 Å². The van der Waals surface area contributed by atoms with Gasteiger partial charge >= 0.3 is 0 Å². The maximum Gasteiger partial charge on any atom is 0.104 e. The van der Waals surface area contributed by atoms with Crippen LogP contribution in [0.1, 0.15) is 59.3 Å². The summed E-state index contributed by atoms with van der Waals surface area (Å²) in [5, 5.41) is 9.04. The van der Waals surface area contributed by atoms with Crippen molar-refractivity contribution in [1.29, 1.82) is 5.26 Å². The van der Waals surface area contributed by atoms with Crippen molar-refractivity contribution in [3.8, 4) is 6.07 Å². The van der Waals surface area contributed by atoms with Crippen LogP contribution in [0, 0.1) is 11.3 Å². The first kappa shape index (κ1) is 14.5. The fourth-order valence-electron chi connectivity index (χ4n) is 2.80. The largest absolute Gasteiger partial charge is 0.313 e. The van der Waals surface area contributed by atoms with Crippen LogP contribution in [0.25, 0.3) is 0 Å². The molecule has 0 bridgehead atoms. The minimum Gasteiger partial charge on any atom is -0.313 e. The van der Waals surface area contributed by atoms with Gasteiger partial charge < -0.3 is 5.73 Å². The molecule has 3 atom stereocenters. The molecule has 0 spiro atoms. The standard InChI is InChI=1S/C14H27N3/c1-4-14(16,11-15)9-6-10-17-12(2)7-5-8-13(17)3/h12-13H,4-10,16H2,1-3H3/t12-,13+,14?. The van der Waals surface area contributed by atoms with Gasteiger partial charge in [0, 0.05) is 12.1 Å². The van der Waals surface area contributed by atoms with E-state index in [1.165, 1.54) is 19.3 Å². The Morgan fingerprint density at radius 1 is 1.35 bits per heavy atom.